The van der Waals surface area contributed by atoms with Gasteiger partial charge in [-0.25, -0.2) is 4.39 Å². The molecule has 0 spiro atoms. The van der Waals surface area contributed by atoms with Gasteiger partial charge in [0.25, 0.3) is 5.91 Å². The van der Waals surface area contributed by atoms with Crippen molar-refractivity contribution >= 4 is 21.8 Å². The summed E-state index contributed by atoms with van der Waals surface area (Å²) in [5.74, 6) is -0.453. The summed E-state index contributed by atoms with van der Waals surface area (Å²) < 4.78 is 13.6. The van der Waals surface area contributed by atoms with Crippen LogP contribution in [0.3, 0.4) is 0 Å². The first kappa shape index (κ1) is 11.5. The van der Waals surface area contributed by atoms with Crippen LogP contribution in [0, 0.1) is 11.7 Å². The molecule has 0 saturated carbocycles. The van der Waals surface area contributed by atoms with Crippen molar-refractivity contribution in [2.75, 3.05) is 19.7 Å². The van der Waals surface area contributed by atoms with Gasteiger partial charge in [0.05, 0.1) is 4.47 Å². The molecule has 1 fully saturated rings. The molecule has 1 aromatic rings. The van der Waals surface area contributed by atoms with Crippen molar-refractivity contribution < 1.29 is 14.3 Å². The number of nitrogens with zero attached hydrogens (tertiary/aromatic N) is 1. The first-order valence-electron chi connectivity index (χ1n) is 4.97. The smallest absolute Gasteiger partial charge is 0.253 e. The maximum atomic E-state index is 13.2. The third-order valence-corrected chi connectivity index (χ3v) is 3.31. The maximum Gasteiger partial charge on any atom is 0.253 e. The lowest BCUT2D eigenvalue weighted by atomic mass is 10.00. The fourth-order valence-corrected chi connectivity index (χ4v) is 1.91. The van der Waals surface area contributed by atoms with Gasteiger partial charge >= 0.3 is 0 Å². The Kier molecular flexibility index (Phi) is 3.25. The van der Waals surface area contributed by atoms with Crippen molar-refractivity contribution in [3.05, 3.63) is 34.1 Å². The zero-order valence-corrected chi connectivity index (χ0v) is 10.1. The summed E-state index contributed by atoms with van der Waals surface area (Å²) in [7, 11) is 0. The van der Waals surface area contributed by atoms with E-state index in [0.29, 0.717) is 23.1 Å². The molecule has 1 saturated heterocycles. The number of benzene rings is 1. The van der Waals surface area contributed by atoms with E-state index in [9.17, 15) is 9.18 Å². The van der Waals surface area contributed by atoms with Crippen molar-refractivity contribution in [1.82, 2.24) is 4.90 Å². The van der Waals surface area contributed by atoms with E-state index in [4.69, 9.17) is 5.11 Å². The summed E-state index contributed by atoms with van der Waals surface area (Å²) in [6.45, 7) is 1.19. The molecule has 0 radical (unpaired) electrons. The van der Waals surface area contributed by atoms with Gasteiger partial charge in [-0.2, -0.15) is 0 Å². The minimum atomic E-state index is -0.440. The molecule has 0 bridgehead atoms. The monoisotopic (exact) mass is 287 g/mol. The minimum absolute atomic E-state index is 0.0957. The van der Waals surface area contributed by atoms with Crippen LogP contribution in [0.25, 0.3) is 0 Å². The molecule has 1 N–H and O–H groups in total. The summed E-state index contributed by atoms with van der Waals surface area (Å²) in [6, 6.07) is 4.33. The zero-order valence-electron chi connectivity index (χ0n) is 8.49. The molecule has 1 aliphatic rings. The van der Waals surface area contributed by atoms with Gasteiger partial charge in [-0.15, -0.1) is 0 Å². The molecule has 0 unspecified atom stereocenters. The normalized spacial score (nSPS) is 16.1. The van der Waals surface area contributed by atoms with Crippen LogP contribution in [0.15, 0.2) is 22.7 Å². The summed E-state index contributed by atoms with van der Waals surface area (Å²) >= 11 is 3.03. The van der Waals surface area contributed by atoms with Gasteiger partial charge in [0, 0.05) is 31.2 Å². The molecule has 86 valence electrons. The lowest BCUT2D eigenvalue weighted by molar-refractivity contribution is 0.0361. The predicted molar refractivity (Wildman–Crippen MR) is 60.6 cm³/mol. The predicted octanol–water partition coefficient (Wildman–Crippen LogP) is 1.65. The second kappa shape index (κ2) is 4.51. The first-order valence-corrected chi connectivity index (χ1v) is 5.76. The number of carbonyl (C=O) groups is 1. The number of hydrogen-bond acceptors (Lipinski definition) is 2. The molecule has 1 aromatic carbocycles. The van der Waals surface area contributed by atoms with Gasteiger partial charge in [-0.05, 0) is 34.1 Å². The van der Waals surface area contributed by atoms with Gasteiger partial charge in [-0.1, -0.05) is 0 Å². The maximum absolute atomic E-state index is 13.2. The van der Waals surface area contributed by atoms with E-state index in [0.717, 1.165) is 0 Å². The number of aliphatic hydroxyl groups excluding tert-OH is 1. The Morgan fingerprint density at radius 2 is 2.25 bits per heavy atom. The molecule has 0 atom stereocenters. The lowest BCUT2D eigenvalue weighted by Crippen LogP contribution is -2.51. The Balaban J connectivity index is 2.07. The third kappa shape index (κ3) is 2.10. The van der Waals surface area contributed by atoms with Crippen LogP contribution in [0.2, 0.25) is 0 Å². The fourth-order valence-electron chi connectivity index (χ4n) is 1.66. The van der Waals surface area contributed by atoms with E-state index in [1.807, 2.05) is 0 Å². The van der Waals surface area contributed by atoms with Crippen molar-refractivity contribution in [2.24, 2.45) is 5.92 Å². The number of likely N-dealkylation sites (tertiary alicyclic amines) is 1. The summed E-state index contributed by atoms with van der Waals surface area (Å²) in [5.41, 5.74) is 0.345. The van der Waals surface area contributed by atoms with Gasteiger partial charge in [0.2, 0.25) is 0 Å². The molecule has 1 heterocycles. The van der Waals surface area contributed by atoms with E-state index in [1.54, 1.807) is 11.0 Å². The van der Waals surface area contributed by atoms with E-state index < -0.39 is 5.82 Å². The highest BCUT2D eigenvalue weighted by Crippen LogP contribution is 2.21. The molecule has 3 nitrogen and oxygen atoms in total. The van der Waals surface area contributed by atoms with Crippen LogP contribution in [0.4, 0.5) is 4.39 Å². The largest absolute Gasteiger partial charge is 0.396 e. The average molecular weight is 288 g/mol. The van der Waals surface area contributed by atoms with E-state index in [-0.39, 0.29) is 18.4 Å². The van der Waals surface area contributed by atoms with E-state index >= 15 is 0 Å². The Hall–Kier alpha value is -0.940. The number of amides is 1. The fraction of sp³-hybridized carbons (Fsp3) is 0.364. The average Bonchev–Trinajstić information content (AvgIpc) is 2.20. The molecule has 0 aliphatic carbocycles. The van der Waals surface area contributed by atoms with Crippen LogP contribution in [-0.2, 0) is 0 Å². The van der Waals surface area contributed by atoms with Crippen LogP contribution < -0.4 is 0 Å². The molecule has 2 rings (SSSR count). The van der Waals surface area contributed by atoms with Gasteiger partial charge in [0.1, 0.15) is 5.82 Å². The highest BCUT2D eigenvalue weighted by Gasteiger charge is 2.30. The van der Waals surface area contributed by atoms with Gasteiger partial charge < -0.3 is 10.0 Å². The van der Waals surface area contributed by atoms with Crippen LogP contribution in [0.1, 0.15) is 10.4 Å². The topological polar surface area (TPSA) is 40.5 Å². The Labute approximate surface area is 101 Å². The number of aliphatic hydroxyl groups is 1. The van der Waals surface area contributed by atoms with Crippen molar-refractivity contribution in [3.63, 3.8) is 0 Å². The number of rotatable bonds is 2. The van der Waals surface area contributed by atoms with Gasteiger partial charge in [0.15, 0.2) is 0 Å². The zero-order chi connectivity index (χ0) is 11.7. The van der Waals surface area contributed by atoms with Crippen molar-refractivity contribution in [1.29, 1.82) is 0 Å². The lowest BCUT2D eigenvalue weighted by Gasteiger charge is -2.38. The van der Waals surface area contributed by atoms with Gasteiger partial charge in [-0.3, -0.25) is 4.79 Å². The highest BCUT2D eigenvalue weighted by molar-refractivity contribution is 9.10. The summed E-state index contributed by atoms with van der Waals surface area (Å²) in [4.78, 5) is 13.4. The van der Waals surface area contributed by atoms with Crippen molar-refractivity contribution in [3.8, 4) is 0 Å². The second-order valence-corrected chi connectivity index (χ2v) is 4.74. The Morgan fingerprint density at radius 1 is 1.56 bits per heavy atom. The SMILES string of the molecule is O=C(c1ccc(Br)c(F)c1)N1CC(CO)C1. The molecular weight excluding hydrogens is 277 g/mol. The molecule has 16 heavy (non-hydrogen) atoms. The van der Waals surface area contributed by atoms with Crippen LogP contribution >= 0.6 is 15.9 Å². The van der Waals surface area contributed by atoms with E-state index in [1.165, 1.54) is 12.1 Å². The minimum Gasteiger partial charge on any atom is -0.396 e. The Morgan fingerprint density at radius 3 is 2.81 bits per heavy atom. The third-order valence-electron chi connectivity index (χ3n) is 2.67. The number of carbonyl (C=O) groups excluding carboxylic acids is 1. The first-order chi connectivity index (χ1) is 7.61. The Bertz CT molecular complexity index is 418. The molecular formula is C11H11BrFNO2. The molecule has 0 aromatic heterocycles. The van der Waals surface area contributed by atoms with E-state index in [2.05, 4.69) is 15.9 Å². The second-order valence-electron chi connectivity index (χ2n) is 3.89. The summed E-state index contributed by atoms with van der Waals surface area (Å²) in [5, 5.41) is 8.83. The van der Waals surface area contributed by atoms with Crippen LogP contribution in [-0.4, -0.2) is 35.6 Å². The molecule has 5 heteroatoms. The number of hydrogen-bond donors (Lipinski definition) is 1. The van der Waals surface area contributed by atoms with Crippen molar-refractivity contribution in [2.45, 2.75) is 0 Å². The number of halogens is 2. The van der Waals surface area contributed by atoms with Crippen LogP contribution in [0.5, 0.6) is 0 Å². The summed E-state index contributed by atoms with van der Waals surface area (Å²) in [6.07, 6.45) is 0. The molecule has 1 amide bonds. The molecule has 1 aliphatic heterocycles. The quantitative estimate of drug-likeness (QED) is 0.899. The standard InChI is InChI=1S/C11H11BrFNO2/c12-9-2-1-8(3-10(9)13)11(16)14-4-7(5-14)6-15/h1-3,7,15H,4-6H2. The highest BCUT2D eigenvalue weighted by atomic mass is 79.9.